The molecule has 0 saturated heterocycles. The van der Waals surface area contributed by atoms with Crippen LogP contribution in [0.5, 0.6) is 0 Å². The third kappa shape index (κ3) is 5.03. The number of carbonyl (C=O) groups excluding carboxylic acids is 1. The Balaban J connectivity index is 1.71. The Morgan fingerprint density at radius 1 is 1.04 bits per heavy atom. The molecule has 0 radical (unpaired) electrons. The van der Waals surface area contributed by atoms with Crippen molar-refractivity contribution in [1.82, 2.24) is 10.0 Å². The Morgan fingerprint density at radius 3 is 2.52 bits per heavy atom. The second-order valence-electron chi connectivity index (χ2n) is 6.04. The summed E-state index contributed by atoms with van der Waals surface area (Å²) < 4.78 is 27.6. The van der Waals surface area contributed by atoms with Crippen molar-refractivity contribution in [2.24, 2.45) is 0 Å². The molecule has 5 nitrogen and oxygen atoms in total. The van der Waals surface area contributed by atoms with Gasteiger partial charge in [0.25, 0.3) is 5.91 Å². The van der Waals surface area contributed by atoms with Gasteiger partial charge in [0.2, 0.25) is 10.0 Å². The molecule has 1 atom stereocenters. The number of benzene rings is 2. The van der Waals surface area contributed by atoms with Gasteiger partial charge in [-0.25, -0.2) is 13.1 Å². The summed E-state index contributed by atoms with van der Waals surface area (Å²) in [5, 5.41) is 4.78. The van der Waals surface area contributed by atoms with Crippen LogP contribution in [0, 0.1) is 0 Å². The maximum Gasteiger partial charge on any atom is 0.251 e. The molecule has 0 bridgehead atoms. The van der Waals surface area contributed by atoms with Crippen LogP contribution in [0.25, 0.3) is 0 Å². The summed E-state index contributed by atoms with van der Waals surface area (Å²) >= 11 is 1.48. The van der Waals surface area contributed by atoms with Crippen molar-refractivity contribution in [2.45, 2.75) is 24.4 Å². The molecule has 0 saturated carbocycles. The van der Waals surface area contributed by atoms with E-state index in [9.17, 15) is 13.2 Å². The number of carbonyl (C=O) groups is 1. The van der Waals surface area contributed by atoms with Gasteiger partial charge in [-0.15, -0.1) is 11.3 Å². The van der Waals surface area contributed by atoms with Gasteiger partial charge in [0, 0.05) is 17.0 Å². The van der Waals surface area contributed by atoms with Crippen LogP contribution in [0.15, 0.2) is 77.0 Å². The highest BCUT2D eigenvalue weighted by atomic mass is 32.2. The van der Waals surface area contributed by atoms with Gasteiger partial charge < -0.3 is 5.32 Å². The van der Waals surface area contributed by atoms with Gasteiger partial charge in [0.1, 0.15) is 0 Å². The van der Waals surface area contributed by atoms with Gasteiger partial charge in [0.05, 0.1) is 10.9 Å². The van der Waals surface area contributed by atoms with Crippen molar-refractivity contribution in [3.63, 3.8) is 0 Å². The number of amides is 1. The molecule has 140 valence electrons. The Bertz CT molecular complexity index is 1000. The maximum absolute atomic E-state index is 12.5. The fraction of sp³-hybridized carbons (Fsp3) is 0.150. The molecule has 0 aliphatic carbocycles. The number of hydrogen-bond acceptors (Lipinski definition) is 4. The molecule has 1 aromatic heterocycles. The highest BCUT2D eigenvalue weighted by Crippen LogP contribution is 2.16. The molecule has 7 heteroatoms. The van der Waals surface area contributed by atoms with Gasteiger partial charge in [-0.3, -0.25) is 4.79 Å². The SMILES string of the molecule is C[C@@H](NC(=O)c1cccc(S(=O)(=O)NCc2cccs2)c1)c1ccccc1. The van der Waals surface area contributed by atoms with Crippen LogP contribution in [0.3, 0.4) is 0 Å². The standard InChI is InChI=1S/C20H20N2O3S2/c1-15(16-7-3-2-4-8-16)22-20(23)17-9-5-11-19(13-17)27(24,25)21-14-18-10-6-12-26-18/h2-13,15,21H,14H2,1H3,(H,22,23)/t15-/m1/s1. The lowest BCUT2D eigenvalue weighted by atomic mass is 10.1. The molecule has 2 N–H and O–H groups in total. The molecule has 0 aliphatic heterocycles. The van der Waals surface area contributed by atoms with Crippen molar-refractivity contribution in [3.05, 3.63) is 88.1 Å². The molecular formula is C20H20N2O3S2. The predicted molar refractivity (Wildman–Crippen MR) is 107 cm³/mol. The van der Waals surface area contributed by atoms with E-state index in [1.807, 2.05) is 54.8 Å². The van der Waals surface area contributed by atoms with E-state index in [4.69, 9.17) is 0 Å². The summed E-state index contributed by atoms with van der Waals surface area (Å²) in [6.45, 7) is 2.11. The predicted octanol–water partition coefficient (Wildman–Crippen LogP) is 3.72. The Labute approximate surface area is 163 Å². The van der Waals surface area contributed by atoms with Gasteiger partial charge in [0.15, 0.2) is 0 Å². The zero-order valence-electron chi connectivity index (χ0n) is 14.8. The topological polar surface area (TPSA) is 75.3 Å². The molecule has 0 aliphatic rings. The minimum atomic E-state index is -3.70. The first-order valence-corrected chi connectivity index (χ1v) is 10.8. The number of hydrogen-bond donors (Lipinski definition) is 2. The quantitative estimate of drug-likeness (QED) is 0.635. The molecule has 1 amide bonds. The van der Waals surface area contributed by atoms with Crippen LogP contribution in [-0.4, -0.2) is 14.3 Å². The summed E-state index contributed by atoms with van der Waals surface area (Å²) in [6, 6.07) is 19.2. The number of nitrogens with one attached hydrogen (secondary N) is 2. The molecule has 3 aromatic rings. The third-order valence-corrected chi connectivity index (χ3v) is 6.35. The molecule has 27 heavy (non-hydrogen) atoms. The zero-order chi connectivity index (χ0) is 19.3. The number of sulfonamides is 1. The average molecular weight is 401 g/mol. The molecule has 0 fully saturated rings. The van der Waals surface area contributed by atoms with E-state index in [2.05, 4.69) is 10.0 Å². The summed E-state index contributed by atoms with van der Waals surface area (Å²) in [5.41, 5.74) is 1.28. The fourth-order valence-electron chi connectivity index (χ4n) is 2.57. The minimum Gasteiger partial charge on any atom is -0.346 e. The van der Waals surface area contributed by atoms with Crippen molar-refractivity contribution in [2.75, 3.05) is 0 Å². The van der Waals surface area contributed by atoms with E-state index in [-0.39, 0.29) is 23.4 Å². The molecule has 0 spiro atoms. The lowest BCUT2D eigenvalue weighted by molar-refractivity contribution is 0.0939. The first-order chi connectivity index (χ1) is 13.0. The summed E-state index contributed by atoms with van der Waals surface area (Å²) in [5.74, 6) is -0.318. The van der Waals surface area contributed by atoms with Gasteiger partial charge in [-0.1, -0.05) is 42.5 Å². The number of thiophene rings is 1. The van der Waals surface area contributed by atoms with Crippen molar-refractivity contribution < 1.29 is 13.2 Å². The highest BCUT2D eigenvalue weighted by Gasteiger charge is 2.17. The smallest absolute Gasteiger partial charge is 0.251 e. The third-order valence-electron chi connectivity index (χ3n) is 4.07. The Hall–Kier alpha value is -2.48. The normalized spacial score (nSPS) is 12.5. The van der Waals surface area contributed by atoms with Crippen LogP contribution in [0.1, 0.15) is 33.8 Å². The van der Waals surface area contributed by atoms with E-state index >= 15 is 0 Å². The molecule has 1 heterocycles. The number of rotatable bonds is 7. The van der Waals surface area contributed by atoms with Crippen LogP contribution in [0.4, 0.5) is 0 Å². The first kappa shape index (κ1) is 19.3. The van der Waals surface area contributed by atoms with Crippen LogP contribution in [0.2, 0.25) is 0 Å². The highest BCUT2D eigenvalue weighted by molar-refractivity contribution is 7.89. The summed E-state index contributed by atoms with van der Waals surface area (Å²) in [7, 11) is -3.70. The van der Waals surface area contributed by atoms with E-state index in [1.165, 1.54) is 23.5 Å². The molecule has 2 aromatic carbocycles. The second kappa shape index (κ2) is 8.47. The van der Waals surface area contributed by atoms with Gasteiger partial charge in [-0.2, -0.15) is 0 Å². The monoisotopic (exact) mass is 400 g/mol. The molecular weight excluding hydrogens is 380 g/mol. The molecule has 3 rings (SSSR count). The van der Waals surface area contributed by atoms with Crippen molar-refractivity contribution in [1.29, 1.82) is 0 Å². The zero-order valence-corrected chi connectivity index (χ0v) is 16.4. The van der Waals surface area contributed by atoms with Crippen LogP contribution >= 0.6 is 11.3 Å². The van der Waals surface area contributed by atoms with E-state index in [1.54, 1.807) is 12.1 Å². The summed E-state index contributed by atoms with van der Waals surface area (Å²) in [6.07, 6.45) is 0. The average Bonchev–Trinajstić information content (AvgIpc) is 3.21. The van der Waals surface area contributed by atoms with E-state index in [0.29, 0.717) is 5.56 Å². The van der Waals surface area contributed by atoms with Gasteiger partial charge in [-0.05, 0) is 42.1 Å². The second-order valence-corrected chi connectivity index (χ2v) is 8.84. The maximum atomic E-state index is 12.5. The largest absolute Gasteiger partial charge is 0.346 e. The van der Waals surface area contributed by atoms with Crippen LogP contribution < -0.4 is 10.0 Å². The van der Waals surface area contributed by atoms with Gasteiger partial charge >= 0.3 is 0 Å². The van der Waals surface area contributed by atoms with Crippen LogP contribution in [-0.2, 0) is 16.6 Å². The van der Waals surface area contributed by atoms with Crippen molar-refractivity contribution >= 4 is 27.3 Å². The first-order valence-electron chi connectivity index (χ1n) is 8.43. The molecule has 0 unspecified atom stereocenters. The van der Waals surface area contributed by atoms with Crippen molar-refractivity contribution in [3.8, 4) is 0 Å². The minimum absolute atomic E-state index is 0.0686. The summed E-state index contributed by atoms with van der Waals surface area (Å²) in [4.78, 5) is 13.5. The Kier molecular flexibility index (Phi) is 6.05. The Morgan fingerprint density at radius 2 is 1.81 bits per heavy atom. The lowest BCUT2D eigenvalue weighted by Crippen LogP contribution is -2.27. The fourth-order valence-corrected chi connectivity index (χ4v) is 4.36. The van der Waals surface area contributed by atoms with E-state index < -0.39 is 10.0 Å². The van der Waals surface area contributed by atoms with E-state index in [0.717, 1.165) is 10.4 Å². The lowest BCUT2D eigenvalue weighted by Gasteiger charge is -2.15.